The van der Waals surface area contributed by atoms with E-state index in [9.17, 15) is 9.59 Å². The topological polar surface area (TPSA) is 78.4 Å². The molecular formula is C14H28N2O3. The van der Waals surface area contributed by atoms with Crippen molar-refractivity contribution in [3.8, 4) is 0 Å². The summed E-state index contributed by atoms with van der Waals surface area (Å²) in [6.07, 6.45) is 1.89. The fourth-order valence-electron chi connectivity index (χ4n) is 1.88. The maximum Gasteiger partial charge on any atom is 0.303 e. The highest BCUT2D eigenvalue weighted by molar-refractivity contribution is 5.78. The van der Waals surface area contributed by atoms with Gasteiger partial charge in [0, 0.05) is 19.0 Å². The molecule has 5 nitrogen and oxygen atoms in total. The lowest BCUT2D eigenvalue weighted by Gasteiger charge is -2.18. The molecule has 0 aromatic heterocycles. The summed E-state index contributed by atoms with van der Waals surface area (Å²) in [7, 11) is 0. The van der Waals surface area contributed by atoms with Gasteiger partial charge in [-0.1, -0.05) is 20.8 Å². The standard InChI is InChI=1S/C14H28N2O3/c1-5-11(4)15-9-13(17)16-8-12(6-10(2)3)7-14(18)19/h10-12,15H,5-9H2,1-4H3,(H,16,17)(H,18,19). The zero-order chi connectivity index (χ0) is 14.8. The molecule has 2 atom stereocenters. The first-order valence-corrected chi connectivity index (χ1v) is 7.07. The molecule has 3 N–H and O–H groups in total. The number of carboxylic acids is 1. The summed E-state index contributed by atoms with van der Waals surface area (Å²) in [5, 5.41) is 14.8. The van der Waals surface area contributed by atoms with Crippen LogP contribution in [0.25, 0.3) is 0 Å². The second-order valence-electron chi connectivity index (χ2n) is 5.59. The Bertz CT molecular complexity index is 280. The molecule has 2 unspecified atom stereocenters. The van der Waals surface area contributed by atoms with Crippen LogP contribution < -0.4 is 10.6 Å². The largest absolute Gasteiger partial charge is 0.481 e. The Balaban J connectivity index is 4.01. The number of hydrogen-bond donors (Lipinski definition) is 3. The van der Waals surface area contributed by atoms with E-state index in [0.717, 1.165) is 12.8 Å². The molecule has 0 radical (unpaired) electrons. The van der Waals surface area contributed by atoms with Crippen LogP contribution >= 0.6 is 0 Å². The quantitative estimate of drug-likeness (QED) is 0.565. The first kappa shape index (κ1) is 17.9. The Morgan fingerprint density at radius 2 is 1.84 bits per heavy atom. The van der Waals surface area contributed by atoms with Crippen LogP contribution in [0.4, 0.5) is 0 Å². The van der Waals surface area contributed by atoms with E-state index < -0.39 is 5.97 Å². The van der Waals surface area contributed by atoms with E-state index in [1.807, 2.05) is 6.92 Å². The third kappa shape index (κ3) is 10.5. The van der Waals surface area contributed by atoms with Gasteiger partial charge in [0.2, 0.25) is 5.91 Å². The molecular weight excluding hydrogens is 244 g/mol. The number of nitrogens with one attached hydrogen (secondary N) is 2. The third-order valence-electron chi connectivity index (χ3n) is 3.08. The smallest absolute Gasteiger partial charge is 0.303 e. The van der Waals surface area contributed by atoms with Gasteiger partial charge in [0.1, 0.15) is 0 Å². The van der Waals surface area contributed by atoms with Crippen LogP contribution in [0.1, 0.15) is 47.0 Å². The van der Waals surface area contributed by atoms with E-state index in [2.05, 4.69) is 31.4 Å². The molecule has 0 aliphatic rings. The Morgan fingerprint density at radius 1 is 1.21 bits per heavy atom. The minimum absolute atomic E-state index is 0.00467. The summed E-state index contributed by atoms with van der Waals surface area (Å²) in [5.74, 6) is -0.443. The second kappa shape index (κ2) is 9.78. The number of carboxylic acid groups (broad SMARTS) is 1. The molecule has 1 amide bonds. The average molecular weight is 272 g/mol. The number of carbonyl (C=O) groups is 2. The van der Waals surface area contributed by atoms with Gasteiger partial charge in [-0.05, 0) is 31.6 Å². The molecule has 0 aromatic rings. The zero-order valence-corrected chi connectivity index (χ0v) is 12.5. The predicted octanol–water partition coefficient (Wildman–Crippen LogP) is 1.63. The predicted molar refractivity (Wildman–Crippen MR) is 76.0 cm³/mol. The van der Waals surface area contributed by atoms with Gasteiger partial charge in [-0.3, -0.25) is 9.59 Å². The minimum atomic E-state index is -0.808. The van der Waals surface area contributed by atoms with Crippen molar-refractivity contribution in [1.29, 1.82) is 0 Å². The highest BCUT2D eigenvalue weighted by atomic mass is 16.4. The molecule has 0 fully saturated rings. The van der Waals surface area contributed by atoms with Crippen molar-refractivity contribution in [3.05, 3.63) is 0 Å². The summed E-state index contributed by atoms with van der Waals surface area (Å²) in [4.78, 5) is 22.4. The van der Waals surface area contributed by atoms with Crippen LogP contribution in [0, 0.1) is 11.8 Å². The van der Waals surface area contributed by atoms with Crippen molar-refractivity contribution in [1.82, 2.24) is 10.6 Å². The lowest BCUT2D eigenvalue weighted by Crippen LogP contribution is -2.40. The van der Waals surface area contributed by atoms with Crippen molar-refractivity contribution in [2.45, 2.75) is 53.0 Å². The maximum absolute atomic E-state index is 11.6. The van der Waals surface area contributed by atoms with Crippen LogP contribution in [0.15, 0.2) is 0 Å². The van der Waals surface area contributed by atoms with Gasteiger partial charge in [0.25, 0.3) is 0 Å². The lowest BCUT2D eigenvalue weighted by atomic mass is 9.94. The van der Waals surface area contributed by atoms with Crippen LogP contribution in [0.3, 0.4) is 0 Å². The molecule has 0 aromatic carbocycles. The lowest BCUT2D eigenvalue weighted by molar-refractivity contribution is -0.138. The van der Waals surface area contributed by atoms with Crippen LogP contribution in [-0.4, -0.2) is 36.1 Å². The molecule has 5 heteroatoms. The molecule has 0 bridgehead atoms. The van der Waals surface area contributed by atoms with Crippen molar-refractivity contribution in [2.24, 2.45) is 11.8 Å². The van der Waals surface area contributed by atoms with E-state index in [0.29, 0.717) is 18.5 Å². The Labute approximate surface area is 116 Å². The molecule has 0 spiro atoms. The van der Waals surface area contributed by atoms with Crippen molar-refractivity contribution in [2.75, 3.05) is 13.1 Å². The van der Waals surface area contributed by atoms with Gasteiger partial charge in [-0.25, -0.2) is 0 Å². The number of hydrogen-bond acceptors (Lipinski definition) is 3. The van der Waals surface area contributed by atoms with Crippen LogP contribution in [-0.2, 0) is 9.59 Å². The average Bonchev–Trinajstić information content (AvgIpc) is 2.31. The number of carbonyl (C=O) groups excluding carboxylic acids is 1. The second-order valence-corrected chi connectivity index (χ2v) is 5.59. The fraction of sp³-hybridized carbons (Fsp3) is 0.857. The van der Waals surface area contributed by atoms with Gasteiger partial charge in [-0.15, -0.1) is 0 Å². The van der Waals surface area contributed by atoms with E-state index in [4.69, 9.17) is 5.11 Å². The molecule has 0 rings (SSSR count). The molecule has 0 saturated carbocycles. The van der Waals surface area contributed by atoms with E-state index in [-0.39, 0.29) is 24.8 Å². The molecule has 0 aliphatic carbocycles. The van der Waals surface area contributed by atoms with E-state index >= 15 is 0 Å². The van der Waals surface area contributed by atoms with Crippen molar-refractivity contribution in [3.63, 3.8) is 0 Å². The molecule has 0 heterocycles. The Hall–Kier alpha value is -1.10. The summed E-state index contributed by atoms with van der Waals surface area (Å²) in [6, 6.07) is 0.316. The molecule has 112 valence electrons. The Morgan fingerprint density at radius 3 is 2.32 bits per heavy atom. The molecule has 0 aliphatic heterocycles. The Kier molecular flexibility index (Phi) is 9.21. The van der Waals surface area contributed by atoms with E-state index in [1.54, 1.807) is 0 Å². The first-order valence-electron chi connectivity index (χ1n) is 7.07. The number of amides is 1. The summed E-state index contributed by atoms with van der Waals surface area (Å²) >= 11 is 0. The summed E-state index contributed by atoms with van der Waals surface area (Å²) in [6.45, 7) is 8.92. The zero-order valence-electron chi connectivity index (χ0n) is 12.5. The third-order valence-corrected chi connectivity index (χ3v) is 3.08. The maximum atomic E-state index is 11.6. The highest BCUT2D eigenvalue weighted by Gasteiger charge is 2.16. The van der Waals surface area contributed by atoms with Crippen molar-refractivity contribution >= 4 is 11.9 Å². The monoisotopic (exact) mass is 272 g/mol. The number of rotatable bonds is 10. The summed E-state index contributed by atoms with van der Waals surface area (Å²) in [5.41, 5.74) is 0. The molecule has 0 saturated heterocycles. The normalized spacial score (nSPS) is 14.2. The molecule has 19 heavy (non-hydrogen) atoms. The number of aliphatic carboxylic acids is 1. The van der Waals surface area contributed by atoms with Crippen LogP contribution in [0.5, 0.6) is 0 Å². The van der Waals surface area contributed by atoms with Gasteiger partial charge in [-0.2, -0.15) is 0 Å². The summed E-state index contributed by atoms with van der Waals surface area (Å²) < 4.78 is 0. The SMILES string of the molecule is CCC(C)NCC(=O)NCC(CC(=O)O)CC(C)C. The van der Waals surface area contributed by atoms with Gasteiger partial charge >= 0.3 is 5.97 Å². The van der Waals surface area contributed by atoms with Gasteiger partial charge < -0.3 is 15.7 Å². The minimum Gasteiger partial charge on any atom is -0.481 e. The first-order chi connectivity index (χ1) is 8.85. The van der Waals surface area contributed by atoms with Gasteiger partial charge in [0.15, 0.2) is 0 Å². The van der Waals surface area contributed by atoms with E-state index in [1.165, 1.54) is 0 Å². The highest BCUT2D eigenvalue weighted by Crippen LogP contribution is 2.14. The fourth-order valence-corrected chi connectivity index (χ4v) is 1.88. The van der Waals surface area contributed by atoms with Gasteiger partial charge in [0.05, 0.1) is 6.54 Å². The van der Waals surface area contributed by atoms with Crippen LogP contribution in [0.2, 0.25) is 0 Å². The van der Waals surface area contributed by atoms with Crippen molar-refractivity contribution < 1.29 is 14.7 Å².